The molecule has 5 saturated carbocycles. The molecule has 6 atom stereocenters. The van der Waals surface area contributed by atoms with Crippen molar-refractivity contribution < 1.29 is 9.59 Å². The van der Waals surface area contributed by atoms with Crippen molar-refractivity contribution in [1.29, 1.82) is 0 Å². The highest BCUT2D eigenvalue weighted by atomic mass is 16.2. The first-order valence-corrected chi connectivity index (χ1v) is 18.9. The largest absolute Gasteiger partial charge is 0.378 e. The summed E-state index contributed by atoms with van der Waals surface area (Å²) in [5, 5.41) is 6.54. The molecule has 0 aromatic heterocycles. The number of rotatable bonds is 10. The van der Waals surface area contributed by atoms with Gasteiger partial charge in [0.2, 0.25) is 0 Å². The van der Waals surface area contributed by atoms with Gasteiger partial charge in [-0.25, -0.2) is 9.59 Å². The van der Waals surface area contributed by atoms with Gasteiger partial charge in [-0.3, -0.25) is 0 Å². The van der Waals surface area contributed by atoms with Crippen molar-refractivity contribution in [1.82, 2.24) is 9.80 Å². The fourth-order valence-corrected chi connectivity index (χ4v) is 10.2. The summed E-state index contributed by atoms with van der Waals surface area (Å²) >= 11 is 0. The zero-order chi connectivity index (χ0) is 33.4. The van der Waals surface area contributed by atoms with Crippen molar-refractivity contribution in [2.45, 2.75) is 89.1 Å². The van der Waals surface area contributed by atoms with Gasteiger partial charge in [0.1, 0.15) is 0 Å². The second kappa shape index (κ2) is 14.2. The van der Waals surface area contributed by atoms with Gasteiger partial charge in [0, 0.05) is 76.1 Å². The molecule has 2 aromatic rings. The van der Waals surface area contributed by atoms with E-state index in [0.717, 1.165) is 73.4 Å². The molecule has 2 N–H and O–H groups in total. The number of hydrogen-bond donors (Lipinski definition) is 2. The Hall–Kier alpha value is -3.42. The third kappa shape index (κ3) is 7.28. The zero-order valence-electron chi connectivity index (χ0n) is 29.7. The predicted molar refractivity (Wildman–Crippen MR) is 197 cm³/mol. The van der Waals surface area contributed by atoms with Crippen LogP contribution in [0.2, 0.25) is 0 Å². The Labute approximate surface area is 288 Å². The molecule has 260 valence electrons. The van der Waals surface area contributed by atoms with E-state index < -0.39 is 0 Å². The van der Waals surface area contributed by atoms with Crippen LogP contribution in [0.15, 0.2) is 48.5 Å². The van der Waals surface area contributed by atoms with E-state index in [0.29, 0.717) is 35.8 Å². The number of urea groups is 2. The topological polar surface area (TPSA) is 71.2 Å². The van der Waals surface area contributed by atoms with Crippen molar-refractivity contribution in [3.8, 4) is 0 Å². The quantitative estimate of drug-likeness (QED) is 0.270. The van der Waals surface area contributed by atoms with Crippen LogP contribution in [-0.4, -0.2) is 75.2 Å². The third-order valence-corrected chi connectivity index (χ3v) is 12.9. The Morgan fingerprint density at radius 1 is 0.542 bits per heavy atom. The normalized spacial score (nSPS) is 30.2. The Bertz CT molecular complexity index is 1290. The Balaban J connectivity index is 0.983. The lowest BCUT2D eigenvalue weighted by Gasteiger charge is -2.41. The lowest BCUT2D eigenvalue weighted by Crippen LogP contribution is -2.49. The molecule has 0 radical (unpaired) electrons. The van der Waals surface area contributed by atoms with Crippen LogP contribution in [0, 0.1) is 35.5 Å². The van der Waals surface area contributed by atoms with Crippen LogP contribution in [0.3, 0.4) is 0 Å². The fraction of sp³-hybridized carbons (Fsp3) is 0.650. The van der Waals surface area contributed by atoms with E-state index in [4.69, 9.17) is 0 Å². The van der Waals surface area contributed by atoms with E-state index in [-0.39, 0.29) is 12.1 Å². The van der Waals surface area contributed by atoms with Crippen molar-refractivity contribution in [2.75, 3.05) is 61.7 Å². The average Bonchev–Trinajstić information content (AvgIpc) is 3.91. The molecule has 0 spiro atoms. The van der Waals surface area contributed by atoms with Crippen LogP contribution in [0.1, 0.15) is 77.0 Å². The molecule has 0 saturated heterocycles. The van der Waals surface area contributed by atoms with Gasteiger partial charge < -0.3 is 30.2 Å². The summed E-state index contributed by atoms with van der Waals surface area (Å²) in [5.74, 6) is 3.92. The van der Waals surface area contributed by atoms with Crippen LogP contribution >= 0.6 is 0 Å². The SMILES string of the molecule is CN(C)c1ccc(NC(=O)N(C[C@H]2CC[C@H](CN(C(=O)Nc3ccc(N(C)C)cc3)C3CC4CCC3C4)CC2)C2CC3CCC2C3)cc1. The molecule has 5 aliphatic carbocycles. The van der Waals surface area contributed by atoms with Gasteiger partial charge in [-0.05, 0) is 148 Å². The van der Waals surface area contributed by atoms with E-state index in [9.17, 15) is 9.59 Å². The Kier molecular flexibility index (Phi) is 9.79. The lowest BCUT2D eigenvalue weighted by molar-refractivity contribution is 0.110. The second-order valence-electron chi connectivity index (χ2n) is 16.4. The smallest absolute Gasteiger partial charge is 0.322 e. The van der Waals surface area contributed by atoms with Gasteiger partial charge in [-0.2, -0.15) is 0 Å². The van der Waals surface area contributed by atoms with Gasteiger partial charge >= 0.3 is 12.1 Å². The minimum atomic E-state index is 0.0741. The molecule has 7 rings (SSSR count). The van der Waals surface area contributed by atoms with E-state index in [1.54, 1.807) is 0 Å². The molecule has 2 aromatic carbocycles. The number of carbonyl (C=O) groups excluding carboxylic acids is 2. The van der Waals surface area contributed by atoms with Crippen LogP contribution in [0.25, 0.3) is 0 Å². The lowest BCUT2D eigenvalue weighted by atomic mass is 9.80. The molecule has 48 heavy (non-hydrogen) atoms. The van der Waals surface area contributed by atoms with E-state index in [1.165, 1.54) is 51.4 Å². The molecule has 6 unspecified atom stereocenters. The molecular formula is C40H58N6O2. The summed E-state index contributed by atoms with van der Waals surface area (Å²) in [6, 6.07) is 17.2. The summed E-state index contributed by atoms with van der Waals surface area (Å²) in [5.41, 5.74) is 4.00. The maximum Gasteiger partial charge on any atom is 0.322 e. The highest BCUT2D eigenvalue weighted by molar-refractivity contribution is 5.90. The number of anilines is 4. The van der Waals surface area contributed by atoms with Crippen LogP contribution < -0.4 is 20.4 Å². The highest BCUT2D eigenvalue weighted by Gasteiger charge is 2.46. The van der Waals surface area contributed by atoms with Gasteiger partial charge in [0.15, 0.2) is 0 Å². The summed E-state index contributed by atoms with van der Waals surface area (Å²) in [6.45, 7) is 1.70. The summed E-state index contributed by atoms with van der Waals surface area (Å²) in [6.07, 6.45) is 14.6. The molecule has 0 heterocycles. The molecule has 0 aliphatic heterocycles. The van der Waals surface area contributed by atoms with Crippen LogP contribution in [0.5, 0.6) is 0 Å². The monoisotopic (exact) mass is 654 g/mol. The molecule has 8 nitrogen and oxygen atoms in total. The van der Waals surface area contributed by atoms with Gasteiger partial charge in [-0.1, -0.05) is 12.8 Å². The first kappa shape index (κ1) is 33.1. The zero-order valence-corrected chi connectivity index (χ0v) is 29.7. The molecule has 5 aliphatic rings. The van der Waals surface area contributed by atoms with Crippen molar-refractivity contribution >= 4 is 34.8 Å². The number of benzene rings is 2. The van der Waals surface area contributed by atoms with Crippen LogP contribution in [0.4, 0.5) is 32.3 Å². The maximum atomic E-state index is 13.9. The fourth-order valence-electron chi connectivity index (χ4n) is 10.2. The number of nitrogens with one attached hydrogen (secondary N) is 2. The average molecular weight is 655 g/mol. The highest BCUT2D eigenvalue weighted by Crippen LogP contribution is 2.49. The third-order valence-electron chi connectivity index (χ3n) is 12.9. The van der Waals surface area contributed by atoms with Crippen molar-refractivity contribution in [3.05, 3.63) is 48.5 Å². The first-order chi connectivity index (χ1) is 23.2. The van der Waals surface area contributed by atoms with Gasteiger partial charge in [0.05, 0.1) is 0 Å². The number of nitrogens with zero attached hydrogens (tertiary/aromatic N) is 4. The van der Waals surface area contributed by atoms with Crippen LogP contribution in [-0.2, 0) is 0 Å². The minimum Gasteiger partial charge on any atom is -0.378 e. The maximum absolute atomic E-state index is 13.9. The summed E-state index contributed by atoms with van der Waals surface area (Å²) in [7, 11) is 8.15. The van der Waals surface area contributed by atoms with Gasteiger partial charge in [-0.15, -0.1) is 0 Å². The number of fused-ring (bicyclic) bond motifs is 4. The number of hydrogen-bond acceptors (Lipinski definition) is 4. The van der Waals surface area contributed by atoms with Crippen molar-refractivity contribution in [3.63, 3.8) is 0 Å². The minimum absolute atomic E-state index is 0.0741. The van der Waals surface area contributed by atoms with Crippen molar-refractivity contribution in [2.24, 2.45) is 35.5 Å². The summed E-state index contributed by atoms with van der Waals surface area (Å²) in [4.78, 5) is 36.5. The number of amides is 4. The second-order valence-corrected chi connectivity index (χ2v) is 16.4. The van der Waals surface area contributed by atoms with E-state index in [1.807, 2.05) is 52.5 Å². The molecule has 5 fully saturated rings. The molecule has 8 heteroatoms. The molecule has 4 bridgehead atoms. The first-order valence-electron chi connectivity index (χ1n) is 18.9. The number of carbonyl (C=O) groups is 2. The van der Waals surface area contributed by atoms with E-state index in [2.05, 4.69) is 54.5 Å². The van der Waals surface area contributed by atoms with Gasteiger partial charge in [0.25, 0.3) is 0 Å². The Morgan fingerprint density at radius 2 is 0.917 bits per heavy atom. The molecular weight excluding hydrogens is 596 g/mol. The predicted octanol–water partition coefficient (Wildman–Crippen LogP) is 8.37. The Morgan fingerprint density at radius 3 is 1.21 bits per heavy atom. The summed E-state index contributed by atoms with van der Waals surface area (Å²) < 4.78 is 0. The van der Waals surface area contributed by atoms with E-state index >= 15 is 0 Å². The standard InChI is InChI=1S/C40H58N6O2/c1-43(2)35-17-13-33(14-18-35)41-39(47)45(37-23-29-9-11-31(37)21-29)25-27-5-7-28(8-6-27)26-46(38-24-30-10-12-32(38)22-30)40(48)42-34-15-19-36(20-16-34)44(3)4/h13-20,27-32,37-38H,5-12,21-26H2,1-4H3,(H,41,47)(H,42,48)/t27-,28-,29?,30?,31?,32?,37?,38?. The molecule has 4 amide bonds.